The fourth-order valence-electron chi connectivity index (χ4n) is 1.37. The first-order valence-electron chi connectivity index (χ1n) is 4.60. The number of aromatic nitrogens is 2. The van der Waals surface area contributed by atoms with E-state index >= 15 is 0 Å². The highest BCUT2D eigenvalue weighted by Gasteiger charge is 2.25. The molecule has 4 heteroatoms. The van der Waals surface area contributed by atoms with Crippen LogP contribution in [0.15, 0.2) is 10.9 Å². The van der Waals surface area contributed by atoms with Crippen LogP contribution in [0.4, 0.5) is 0 Å². The molecule has 0 spiro atoms. The zero-order valence-corrected chi connectivity index (χ0v) is 7.42. The molecular formula is C9H13N3O. The Bertz CT molecular complexity index is 354. The molecule has 0 amide bonds. The molecule has 1 aromatic heterocycles. The number of nitrogens with zero attached hydrogens (tertiary/aromatic N) is 1. The van der Waals surface area contributed by atoms with Gasteiger partial charge in [0.2, 0.25) is 0 Å². The molecule has 0 bridgehead atoms. The first-order valence-corrected chi connectivity index (χ1v) is 4.60. The van der Waals surface area contributed by atoms with Gasteiger partial charge in [-0.3, -0.25) is 4.79 Å². The molecule has 1 aliphatic carbocycles. The molecule has 1 heterocycles. The summed E-state index contributed by atoms with van der Waals surface area (Å²) in [6, 6.07) is 1.59. The third-order valence-corrected chi connectivity index (χ3v) is 2.19. The van der Waals surface area contributed by atoms with Gasteiger partial charge in [-0.15, -0.1) is 0 Å². The first kappa shape index (κ1) is 8.44. The van der Waals surface area contributed by atoms with Crippen molar-refractivity contribution in [3.63, 3.8) is 0 Å². The van der Waals surface area contributed by atoms with Gasteiger partial charge < -0.3 is 10.7 Å². The zero-order chi connectivity index (χ0) is 9.26. The van der Waals surface area contributed by atoms with Crippen molar-refractivity contribution >= 4 is 0 Å². The molecule has 1 aliphatic rings. The topological polar surface area (TPSA) is 71.8 Å². The fourth-order valence-corrected chi connectivity index (χ4v) is 1.37. The number of rotatable bonds is 3. The van der Waals surface area contributed by atoms with Crippen molar-refractivity contribution in [3.05, 3.63) is 27.9 Å². The summed E-state index contributed by atoms with van der Waals surface area (Å²) in [6.45, 7) is 0.525. The van der Waals surface area contributed by atoms with E-state index in [1.807, 2.05) is 0 Å². The Balaban J connectivity index is 2.30. The maximum atomic E-state index is 11.2. The van der Waals surface area contributed by atoms with Crippen LogP contribution >= 0.6 is 0 Å². The molecule has 0 unspecified atom stereocenters. The van der Waals surface area contributed by atoms with Gasteiger partial charge in [-0.25, -0.2) is 4.98 Å². The summed E-state index contributed by atoms with van der Waals surface area (Å²) in [7, 11) is 0. The Morgan fingerprint density at radius 2 is 2.38 bits per heavy atom. The lowest BCUT2D eigenvalue weighted by molar-refractivity contribution is 0.825. The predicted molar refractivity (Wildman–Crippen MR) is 49.6 cm³/mol. The van der Waals surface area contributed by atoms with Crippen LogP contribution < -0.4 is 11.3 Å². The molecule has 1 fully saturated rings. The standard InChI is InChI=1S/C9H13N3O/c10-4-3-8-11-7(6-1-2-6)5-9(13)12-8/h5-6H,1-4,10H2,(H,11,12,13). The summed E-state index contributed by atoms with van der Waals surface area (Å²) in [5.41, 5.74) is 6.27. The summed E-state index contributed by atoms with van der Waals surface area (Å²) in [5, 5.41) is 0. The molecule has 0 aromatic carbocycles. The molecule has 1 aromatic rings. The molecule has 0 radical (unpaired) electrons. The molecule has 0 aliphatic heterocycles. The van der Waals surface area contributed by atoms with Crippen molar-refractivity contribution in [2.45, 2.75) is 25.2 Å². The number of hydrogen-bond donors (Lipinski definition) is 2. The van der Waals surface area contributed by atoms with Gasteiger partial charge in [0, 0.05) is 18.4 Å². The maximum absolute atomic E-state index is 11.2. The smallest absolute Gasteiger partial charge is 0.251 e. The molecule has 0 saturated heterocycles. The minimum atomic E-state index is -0.0552. The van der Waals surface area contributed by atoms with Gasteiger partial charge in [0.1, 0.15) is 5.82 Å². The van der Waals surface area contributed by atoms with E-state index in [1.165, 1.54) is 12.8 Å². The van der Waals surface area contributed by atoms with Gasteiger partial charge in [-0.2, -0.15) is 0 Å². The second-order valence-corrected chi connectivity index (χ2v) is 3.43. The molecule has 0 atom stereocenters. The first-order chi connectivity index (χ1) is 6.29. The van der Waals surface area contributed by atoms with Gasteiger partial charge >= 0.3 is 0 Å². The van der Waals surface area contributed by atoms with E-state index in [2.05, 4.69) is 9.97 Å². The van der Waals surface area contributed by atoms with Crippen molar-refractivity contribution in [3.8, 4) is 0 Å². The zero-order valence-electron chi connectivity index (χ0n) is 7.42. The van der Waals surface area contributed by atoms with Crippen LogP contribution in [0.25, 0.3) is 0 Å². The lowest BCUT2D eigenvalue weighted by Crippen LogP contribution is -2.15. The molecule has 2 rings (SSSR count). The van der Waals surface area contributed by atoms with Crippen LogP contribution in [0.3, 0.4) is 0 Å². The van der Waals surface area contributed by atoms with Gasteiger partial charge in [0.25, 0.3) is 5.56 Å². The summed E-state index contributed by atoms with van der Waals surface area (Å²) < 4.78 is 0. The van der Waals surface area contributed by atoms with E-state index < -0.39 is 0 Å². The van der Waals surface area contributed by atoms with Gasteiger partial charge in [0.15, 0.2) is 0 Å². The Hall–Kier alpha value is -1.16. The summed E-state index contributed by atoms with van der Waals surface area (Å²) in [4.78, 5) is 18.2. The fraction of sp³-hybridized carbons (Fsp3) is 0.556. The number of aromatic amines is 1. The van der Waals surface area contributed by atoms with Gasteiger partial charge in [-0.05, 0) is 19.4 Å². The molecular weight excluding hydrogens is 166 g/mol. The molecule has 4 nitrogen and oxygen atoms in total. The molecule has 70 valence electrons. The Kier molecular flexibility index (Phi) is 2.14. The van der Waals surface area contributed by atoms with Crippen LogP contribution in [0, 0.1) is 0 Å². The summed E-state index contributed by atoms with van der Waals surface area (Å²) >= 11 is 0. The third-order valence-electron chi connectivity index (χ3n) is 2.19. The largest absolute Gasteiger partial charge is 0.330 e. The highest BCUT2D eigenvalue weighted by atomic mass is 16.1. The molecule has 13 heavy (non-hydrogen) atoms. The minimum Gasteiger partial charge on any atom is -0.330 e. The molecule has 1 saturated carbocycles. The lowest BCUT2D eigenvalue weighted by Gasteiger charge is -2.00. The van der Waals surface area contributed by atoms with Crippen molar-refractivity contribution in [1.82, 2.24) is 9.97 Å². The number of hydrogen-bond acceptors (Lipinski definition) is 3. The van der Waals surface area contributed by atoms with Gasteiger partial charge in [-0.1, -0.05) is 0 Å². The van der Waals surface area contributed by atoms with E-state index in [9.17, 15) is 4.79 Å². The highest BCUT2D eigenvalue weighted by molar-refractivity contribution is 5.14. The summed E-state index contributed by atoms with van der Waals surface area (Å²) in [6.07, 6.45) is 2.98. The summed E-state index contributed by atoms with van der Waals surface area (Å²) in [5.74, 6) is 1.25. The van der Waals surface area contributed by atoms with E-state index in [0.717, 1.165) is 11.5 Å². The maximum Gasteiger partial charge on any atom is 0.251 e. The monoisotopic (exact) mass is 179 g/mol. The second-order valence-electron chi connectivity index (χ2n) is 3.43. The number of nitrogens with two attached hydrogens (primary N) is 1. The normalized spacial score (nSPS) is 16.1. The van der Waals surface area contributed by atoms with Gasteiger partial charge in [0.05, 0.1) is 5.69 Å². The highest BCUT2D eigenvalue weighted by Crippen LogP contribution is 2.38. The average Bonchev–Trinajstić information content (AvgIpc) is 2.85. The van der Waals surface area contributed by atoms with E-state index in [0.29, 0.717) is 18.9 Å². The van der Waals surface area contributed by atoms with Crippen LogP contribution in [0.2, 0.25) is 0 Å². The lowest BCUT2D eigenvalue weighted by atomic mass is 10.2. The van der Waals surface area contributed by atoms with Crippen molar-refractivity contribution in [1.29, 1.82) is 0 Å². The van der Waals surface area contributed by atoms with E-state index in [-0.39, 0.29) is 5.56 Å². The van der Waals surface area contributed by atoms with Crippen molar-refractivity contribution in [2.75, 3.05) is 6.54 Å². The Morgan fingerprint density at radius 3 is 3.00 bits per heavy atom. The van der Waals surface area contributed by atoms with E-state index in [1.54, 1.807) is 6.07 Å². The molecule has 3 N–H and O–H groups in total. The minimum absolute atomic E-state index is 0.0552. The second kappa shape index (κ2) is 3.30. The van der Waals surface area contributed by atoms with Crippen LogP contribution in [-0.4, -0.2) is 16.5 Å². The number of nitrogens with one attached hydrogen (secondary N) is 1. The van der Waals surface area contributed by atoms with Crippen molar-refractivity contribution < 1.29 is 0 Å². The number of H-pyrrole nitrogens is 1. The van der Waals surface area contributed by atoms with Crippen LogP contribution in [0.5, 0.6) is 0 Å². The predicted octanol–water partition coefficient (Wildman–Crippen LogP) is 0.148. The van der Waals surface area contributed by atoms with Crippen LogP contribution in [-0.2, 0) is 6.42 Å². The average molecular weight is 179 g/mol. The third kappa shape index (κ3) is 1.95. The van der Waals surface area contributed by atoms with Crippen LogP contribution in [0.1, 0.15) is 30.3 Å². The van der Waals surface area contributed by atoms with E-state index in [4.69, 9.17) is 5.73 Å². The Morgan fingerprint density at radius 1 is 1.62 bits per heavy atom. The van der Waals surface area contributed by atoms with Crippen molar-refractivity contribution in [2.24, 2.45) is 5.73 Å². The quantitative estimate of drug-likeness (QED) is 0.693. The Labute approximate surface area is 76.2 Å². The SMILES string of the molecule is NCCc1nc(C2CC2)cc(=O)[nH]1.